The van der Waals surface area contributed by atoms with Crippen molar-refractivity contribution in [3.05, 3.63) is 46.5 Å². The Labute approximate surface area is 177 Å². The molecular weight excluding hydrogens is 440 g/mol. The van der Waals surface area contributed by atoms with Crippen LogP contribution in [-0.2, 0) is 21.3 Å². The molecule has 1 fully saturated rings. The average molecular weight is 471 g/mol. The summed E-state index contributed by atoms with van der Waals surface area (Å²) in [5, 5.41) is 0. The molecule has 0 radical (unpaired) electrons. The fourth-order valence-corrected chi connectivity index (χ4v) is 5.36. The summed E-state index contributed by atoms with van der Waals surface area (Å²) in [6.45, 7) is 3.97. The summed E-state index contributed by atoms with van der Waals surface area (Å²) in [5.41, 5.74) is 1.29. The third-order valence-electron chi connectivity index (χ3n) is 5.58. The van der Waals surface area contributed by atoms with E-state index in [0.717, 1.165) is 51.9 Å². The molecule has 1 N–H and O–H groups in total. The summed E-state index contributed by atoms with van der Waals surface area (Å²) in [6, 6.07) is 10.4. The maximum absolute atomic E-state index is 11.8. The van der Waals surface area contributed by atoms with Gasteiger partial charge in [-0.15, -0.1) is 0 Å². The van der Waals surface area contributed by atoms with E-state index < -0.39 is 10.0 Å². The van der Waals surface area contributed by atoms with Crippen LogP contribution in [0.3, 0.4) is 0 Å². The number of likely N-dealkylation sites (tertiary alicyclic amines) is 1. The number of hydrogen-bond donors (Lipinski definition) is 1. The molecule has 1 unspecified atom stereocenters. The van der Waals surface area contributed by atoms with Gasteiger partial charge in [0, 0.05) is 38.2 Å². The average Bonchev–Trinajstić information content (AvgIpc) is 2.65. The van der Waals surface area contributed by atoms with Gasteiger partial charge in [0.2, 0.25) is 10.0 Å². The number of rotatable bonds is 8. The van der Waals surface area contributed by atoms with Gasteiger partial charge in [0.15, 0.2) is 0 Å². The van der Waals surface area contributed by atoms with Crippen LogP contribution in [0.5, 0.6) is 0 Å². The number of hydrogen-bond acceptors (Lipinski definition) is 4. The Balaban J connectivity index is 1.55. The van der Waals surface area contributed by atoms with Crippen molar-refractivity contribution in [3.63, 3.8) is 0 Å². The van der Waals surface area contributed by atoms with Gasteiger partial charge in [-0.25, -0.2) is 13.1 Å². The minimum atomic E-state index is -3.22. The molecule has 28 heavy (non-hydrogen) atoms. The fourth-order valence-electron chi connectivity index (χ4n) is 4.09. The summed E-state index contributed by atoms with van der Waals surface area (Å²) < 4.78 is 33.8. The summed E-state index contributed by atoms with van der Waals surface area (Å²) in [7, 11) is -3.22. The number of ether oxygens (including phenoxy) is 1. The molecule has 0 aromatic heterocycles. The highest BCUT2D eigenvalue weighted by atomic mass is 79.9. The van der Waals surface area contributed by atoms with E-state index in [0.29, 0.717) is 12.5 Å². The van der Waals surface area contributed by atoms with Gasteiger partial charge in [-0.1, -0.05) is 52.3 Å². The van der Waals surface area contributed by atoms with Gasteiger partial charge in [0.1, 0.15) is 0 Å². The van der Waals surface area contributed by atoms with Crippen LogP contribution < -0.4 is 4.72 Å². The molecule has 7 heteroatoms. The Morgan fingerprint density at radius 2 is 2.00 bits per heavy atom. The van der Waals surface area contributed by atoms with Crippen LogP contribution >= 0.6 is 15.9 Å². The maximum atomic E-state index is 11.8. The molecule has 1 aliphatic heterocycles. The van der Waals surface area contributed by atoms with Crippen molar-refractivity contribution in [1.82, 2.24) is 9.62 Å². The Morgan fingerprint density at radius 1 is 1.21 bits per heavy atom. The molecule has 1 heterocycles. The van der Waals surface area contributed by atoms with Crippen LogP contribution in [0.25, 0.3) is 0 Å². The van der Waals surface area contributed by atoms with Gasteiger partial charge in [0.25, 0.3) is 0 Å². The largest absolute Gasteiger partial charge is 0.381 e. The maximum Gasteiger partial charge on any atom is 0.208 e. The summed E-state index contributed by atoms with van der Waals surface area (Å²) in [4.78, 5) is 2.41. The predicted molar refractivity (Wildman–Crippen MR) is 117 cm³/mol. The first kappa shape index (κ1) is 22.0. The van der Waals surface area contributed by atoms with Gasteiger partial charge in [0.05, 0.1) is 12.9 Å². The lowest BCUT2D eigenvalue weighted by Gasteiger charge is -2.38. The van der Waals surface area contributed by atoms with Crippen LogP contribution in [-0.4, -0.2) is 51.9 Å². The van der Waals surface area contributed by atoms with Gasteiger partial charge in [-0.2, -0.15) is 0 Å². The summed E-state index contributed by atoms with van der Waals surface area (Å²) in [6.07, 6.45) is 7.58. The van der Waals surface area contributed by atoms with E-state index in [1.54, 1.807) is 0 Å². The van der Waals surface area contributed by atoms with E-state index in [2.05, 4.69) is 55.9 Å². The predicted octanol–water partition coefficient (Wildman–Crippen LogP) is 3.52. The second kappa shape index (κ2) is 10.3. The van der Waals surface area contributed by atoms with Crippen LogP contribution in [0, 0.1) is 11.8 Å². The van der Waals surface area contributed by atoms with E-state index in [4.69, 9.17) is 4.74 Å². The minimum absolute atomic E-state index is 0.0533. The van der Waals surface area contributed by atoms with Crippen LogP contribution in [0.15, 0.2) is 40.9 Å². The molecule has 1 saturated heterocycles. The first-order chi connectivity index (χ1) is 13.4. The lowest BCUT2D eigenvalue weighted by molar-refractivity contribution is 0.0279. The zero-order valence-electron chi connectivity index (χ0n) is 16.5. The molecular formula is C21H31BrN2O3S. The Bertz CT molecular complexity index is 754. The second-order valence-corrected chi connectivity index (χ2v) is 10.9. The van der Waals surface area contributed by atoms with Gasteiger partial charge >= 0.3 is 0 Å². The Kier molecular flexibility index (Phi) is 8.12. The van der Waals surface area contributed by atoms with E-state index >= 15 is 0 Å². The molecule has 0 saturated carbocycles. The highest BCUT2D eigenvalue weighted by Gasteiger charge is 2.31. The summed E-state index contributed by atoms with van der Waals surface area (Å²) in [5.74, 6) is 0.727. The molecule has 3 atom stereocenters. The van der Waals surface area contributed by atoms with Crippen LogP contribution in [0.2, 0.25) is 0 Å². The van der Waals surface area contributed by atoms with E-state index in [9.17, 15) is 8.42 Å². The standard InChI is InChI=1S/C21H31BrN2O3S/c1-28(25,26)23-21-11-12-24(13-17-5-3-2-4-6-17)14-19(21)16-27-15-18-7-9-20(22)10-8-18/h2-6,9,18-19,21,23H,7-8,10-16H2,1H3/t18?,19-,21-/m0/s1. The number of benzene rings is 1. The SMILES string of the molecule is CS(=O)(=O)N[C@H]1CCN(Cc2ccccc2)C[C@H]1COCC1CC=C(Br)CC1. The van der Waals surface area contributed by atoms with E-state index in [1.807, 2.05) is 6.07 Å². The lowest BCUT2D eigenvalue weighted by atomic mass is 9.92. The zero-order valence-corrected chi connectivity index (χ0v) is 18.9. The van der Waals surface area contributed by atoms with E-state index in [1.165, 1.54) is 16.3 Å². The van der Waals surface area contributed by atoms with Gasteiger partial charge in [-0.05, 0) is 41.6 Å². The zero-order chi connectivity index (χ0) is 20.0. The first-order valence-corrected chi connectivity index (χ1v) is 12.7. The van der Waals surface area contributed by atoms with Gasteiger partial charge in [-0.3, -0.25) is 4.90 Å². The molecule has 156 valence electrons. The molecule has 1 aromatic rings. The molecule has 0 spiro atoms. The quantitative estimate of drug-likeness (QED) is 0.631. The number of sulfonamides is 1. The topological polar surface area (TPSA) is 58.6 Å². The third kappa shape index (κ3) is 7.26. The summed E-state index contributed by atoms with van der Waals surface area (Å²) >= 11 is 3.57. The monoisotopic (exact) mass is 470 g/mol. The first-order valence-electron chi connectivity index (χ1n) is 10.0. The fraction of sp³-hybridized carbons (Fsp3) is 0.619. The van der Waals surface area contributed by atoms with Crippen molar-refractivity contribution in [2.45, 2.75) is 38.3 Å². The third-order valence-corrected chi connectivity index (χ3v) is 7.03. The number of piperidine rings is 1. The highest BCUT2D eigenvalue weighted by Crippen LogP contribution is 2.27. The molecule has 2 aliphatic rings. The van der Waals surface area contributed by atoms with Gasteiger partial charge < -0.3 is 4.74 Å². The minimum Gasteiger partial charge on any atom is -0.381 e. The van der Waals surface area contributed by atoms with Crippen LogP contribution in [0.4, 0.5) is 0 Å². The van der Waals surface area contributed by atoms with Crippen molar-refractivity contribution >= 4 is 26.0 Å². The Hall–Kier alpha value is -0.730. The molecule has 0 amide bonds. The molecule has 5 nitrogen and oxygen atoms in total. The van der Waals surface area contributed by atoms with E-state index in [-0.39, 0.29) is 12.0 Å². The van der Waals surface area contributed by atoms with Crippen molar-refractivity contribution in [2.24, 2.45) is 11.8 Å². The normalized spacial score (nSPS) is 26.8. The number of nitrogens with one attached hydrogen (secondary N) is 1. The lowest BCUT2D eigenvalue weighted by Crippen LogP contribution is -2.52. The van der Waals surface area contributed by atoms with Crippen LogP contribution in [0.1, 0.15) is 31.2 Å². The smallest absolute Gasteiger partial charge is 0.208 e. The molecule has 3 rings (SSSR count). The highest BCUT2D eigenvalue weighted by molar-refractivity contribution is 9.11. The number of allylic oxidation sites excluding steroid dienone is 2. The van der Waals surface area contributed by atoms with Crippen molar-refractivity contribution < 1.29 is 13.2 Å². The van der Waals surface area contributed by atoms with Crippen molar-refractivity contribution in [1.29, 1.82) is 0 Å². The molecule has 1 aliphatic carbocycles. The Morgan fingerprint density at radius 3 is 2.68 bits per heavy atom. The number of nitrogens with zero attached hydrogens (tertiary/aromatic N) is 1. The van der Waals surface area contributed by atoms with Crippen molar-refractivity contribution in [2.75, 3.05) is 32.6 Å². The van der Waals surface area contributed by atoms with Crippen molar-refractivity contribution in [3.8, 4) is 0 Å². The second-order valence-electron chi connectivity index (χ2n) is 8.09. The molecule has 0 bridgehead atoms. The number of halogens is 1. The molecule has 1 aromatic carbocycles.